The van der Waals surface area contributed by atoms with Crippen LogP contribution in [0.15, 0.2) is 18.2 Å². The van der Waals surface area contributed by atoms with Crippen molar-refractivity contribution in [2.45, 2.75) is 26.4 Å². The van der Waals surface area contributed by atoms with Gasteiger partial charge in [0.25, 0.3) is 0 Å². The van der Waals surface area contributed by atoms with Crippen molar-refractivity contribution in [1.82, 2.24) is 0 Å². The molecule has 100 valence electrons. The van der Waals surface area contributed by atoms with E-state index in [-0.39, 0.29) is 17.9 Å². The van der Waals surface area contributed by atoms with E-state index in [2.05, 4.69) is 4.74 Å². The van der Waals surface area contributed by atoms with E-state index < -0.39 is 12.5 Å². The fraction of sp³-hybridized carbons (Fsp3) is 0.417. The van der Waals surface area contributed by atoms with Gasteiger partial charge < -0.3 is 15.2 Å². The van der Waals surface area contributed by atoms with Gasteiger partial charge in [0.15, 0.2) is 11.5 Å². The molecule has 0 aliphatic carbocycles. The van der Waals surface area contributed by atoms with Crippen molar-refractivity contribution < 1.29 is 23.0 Å². The number of hydrogen-bond acceptors (Lipinski definition) is 3. The van der Waals surface area contributed by atoms with Crippen LogP contribution in [-0.4, -0.2) is 19.1 Å². The number of nitrogens with two attached hydrogens (primary N) is 1. The molecule has 0 saturated heterocycles. The number of hydrogen-bond donors (Lipinski definition) is 1. The maximum absolute atomic E-state index is 12.2. The molecule has 0 aromatic heterocycles. The lowest BCUT2D eigenvalue weighted by Crippen LogP contribution is -2.11. The molecule has 1 rings (SSSR count). The fourth-order valence-electron chi connectivity index (χ4n) is 1.44. The number of aryl methyl sites for hydroxylation is 1. The van der Waals surface area contributed by atoms with Gasteiger partial charge in [0.1, 0.15) is 0 Å². The number of ether oxygens (including phenoxy) is 2. The van der Waals surface area contributed by atoms with E-state index in [4.69, 9.17) is 10.5 Å². The number of rotatable bonds is 7. The predicted molar refractivity (Wildman–Crippen MR) is 61.8 cm³/mol. The number of carbonyl (C=O) groups is 1. The summed E-state index contributed by atoms with van der Waals surface area (Å²) < 4.78 is 33.9. The van der Waals surface area contributed by atoms with Crippen LogP contribution < -0.4 is 15.2 Å². The number of amides is 1. The smallest absolute Gasteiger partial charge is 0.387 e. The Morgan fingerprint density at radius 2 is 2.11 bits per heavy atom. The third-order valence-electron chi connectivity index (χ3n) is 2.18. The Labute approximate surface area is 104 Å². The van der Waals surface area contributed by atoms with Gasteiger partial charge in [-0.05, 0) is 31.0 Å². The van der Waals surface area contributed by atoms with E-state index in [0.717, 1.165) is 5.56 Å². The van der Waals surface area contributed by atoms with Crippen molar-refractivity contribution >= 4 is 5.91 Å². The molecule has 4 nitrogen and oxygen atoms in total. The van der Waals surface area contributed by atoms with Crippen molar-refractivity contribution in [2.75, 3.05) is 6.61 Å². The summed E-state index contributed by atoms with van der Waals surface area (Å²) in [6.45, 7) is -0.832. The zero-order valence-electron chi connectivity index (χ0n) is 9.99. The van der Waals surface area contributed by atoms with E-state index >= 15 is 0 Å². The number of benzene rings is 1. The maximum atomic E-state index is 12.2. The maximum Gasteiger partial charge on any atom is 0.387 e. The van der Waals surface area contributed by atoms with E-state index in [1.807, 2.05) is 0 Å². The second-order valence-corrected chi connectivity index (χ2v) is 3.56. The van der Waals surface area contributed by atoms with Gasteiger partial charge in [-0.2, -0.15) is 8.78 Å². The molecule has 0 bridgehead atoms. The van der Waals surface area contributed by atoms with Gasteiger partial charge in [-0.3, -0.25) is 4.79 Å². The molecule has 1 aromatic rings. The molecular formula is C12H15F2NO3. The summed E-state index contributed by atoms with van der Waals surface area (Å²) in [7, 11) is 0. The summed E-state index contributed by atoms with van der Waals surface area (Å²) in [5.41, 5.74) is 5.82. The summed E-state index contributed by atoms with van der Waals surface area (Å²) in [6.07, 6.45) is 0.630. The average molecular weight is 259 g/mol. The van der Waals surface area contributed by atoms with Gasteiger partial charge in [-0.25, -0.2) is 0 Å². The van der Waals surface area contributed by atoms with E-state index in [1.54, 1.807) is 19.1 Å². The molecule has 0 aliphatic heterocycles. The van der Waals surface area contributed by atoms with Gasteiger partial charge in [-0.1, -0.05) is 6.07 Å². The Balaban J connectivity index is 2.84. The SMILES string of the molecule is CCOc1cc(CCC(N)=O)ccc1OC(F)F. The van der Waals surface area contributed by atoms with Crippen LogP contribution in [0.2, 0.25) is 0 Å². The van der Waals surface area contributed by atoms with Crippen LogP contribution in [-0.2, 0) is 11.2 Å². The van der Waals surface area contributed by atoms with Crippen molar-refractivity contribution in [1.29, 1.82) is 0 Å². The van der Waals surface area contributed by atoms with Crippen LogP contribution >= 0.6 is 0 Å². The second-order valence-electron chi connectivity index (χ2n) is 3.56. The van der Waals surface area contributed by atoms with Crippen molar-refractivity contribution in [3.05, 3.63) is 23.8 Å². The van der Waals surface area contributed by atoms with Gasteiger partial charge in [-0.15, -0.1) is 0 Å². The molecule has 0 saturated carbocycles. The minimum Gasteiger partial charge on any atom is -0.490 e. The topological polar surface area (TPSA) is 61.5 Å². The first kappa shape index (κ1) is 14.2. The van der Waals surface area contributed by atoms with Crippen LogP contribution in [0.4, 0.5) is 8.78 Å². The third-order valence-corrected chi connectivity index (χ3v) is 2.18. The molecular weight excluding hydrogens is 244 g/mol. The van der Waals surface area contributed by atoms with Crippen LogP contribution in [0, 0.1) is 0 Å². The summed E-state index contributed by atoms with van der Waals surface area (Å²) in [5, 5.41) is 0. The number of primary amides is 1. The molecule has 2 N–H and O–H groups in total. The lowest BCUT2D eigenvalue weighted by Gasteiger charge is -2.12. The van der Waals surface area contributed by atoms with E-state index in [0.29, 0.717) is 13.0 Å². The summed E-state index contributed by atoms with van der Waals surface area (Å²) in [4.78, 5) is 10.7. The Morgan fingerprint density at radius 3 is 2.67 bits per heavy atom. The highest BCUT2D eigenvalue weighted by Crippen LogP contribution is 2.30. The normalized spacial score (nSPS) is 10.4. The molecule has 0 atom stereocenters. The number of alkyl halides is 2. The van der Waals surface area contributed by atoms with Crippen LogP contribution in [0.25, 0.3) is 0 Å². The highest BCUT2D eigenvalue weighted by Gasteiger charge is 2.11. The minimum absolute atomic E-state index is 0.0188. The zero-order chi connectivity index (χ0) is 13.5. The van der Waals surface area contributed by atoms with Gasteiger partial charge in [0, 0.05) is 6.42 Å². The standard InChI is InChI=1S/C12H15F2NO3/c1-2-17-10-7-8(4-6-11(15)16)3-5-9(10)18-12(13)14/h3,5,7,12H,2,4,6H2,1H3,(H2,15,16). The molecule has 1 amide bonds. The van der Waals surface area contributed by atoms with Crippen molar-refractivity contribution in [2.24, 2.45) is 5.73 Å². The Morgan fingerprint density at radius 1 is 1.39 bits per heavy atom. The molecule has 0 unspecified atom stereocenters. The monoisotopic (exact) mass is 259 g/mol. The molecule has 0 radical (unpaired) electrons. The third kappa shape index (κ3) is 4.57. The fourth-order valence-corrected chi connectivity index (χ4v) is 1.44. The largest absolute Gasteiger partial charge is 0.490 e. The first-order chi connectivity index (χ1) is 8.52. The number of halogens is 2. The lowest BCUT2D eigenvalue weighted by atomic mass is 10.1. The van der Waals surface area contributed by atoms with Crippen LogP contribution in [0.5, 0.6) is 11.5 Å². The lowest BCUT2D eigenvalue weighted by molar-refractivity contribution is -0.117. The highest BCUT2D eigenvalue weighted by atomic mass is 19.3. The predicted octanol–water partition coefficient (Wildman–Crippen LogP) is 2.10. The minimum atomic E-state index is -2.90. The van der Waals surface area contributed by atoms with Crippen LogP contribution in [0.3, 0.4) is 0 Å². The number of carbonyl (C=O) groups excluding carboxylic acids is 1. The quantitative estimate of drug-likeness (QED) is 0.815. The van der Waals surface area contributed by atoms with Crippen molar-refractivity contribution in [3.63, 3.8) is 0 Å². The Bertz CT molecular complexity index is 410. The highest BCUT2D eigenvalue weighted by molar-refractivity contribution is 5.74. The van der Waals surface area contributed by atoms with E-state index in [9.17, 15) is 13.6 Å². The Hall–Kier alpha value is -1.85. The molecule has 1 aromatic carbocycles. The molecule has 18 heavy (non-hydrogen) atoms. The van der Waals surface area contributed by atoms with Gasteiger partial charge >= 0.3 is 6.61 Å². The Kier molecular flexibility index (Phi) is 5.35. The van der Waals surface area contributed by atoms with E-state index in [1.165, 1.54) is 6.07 Å². The van der Waals surface area contributed by atoms with Crippen molar-refractivity contribution in [3.8, 4) is 11.5 Å². The zero-order valence-corrected chi connectivity index (χ0v) is 9.99. The average Bonchev–Trinajstić information content (AvgIpc) is 2.29. The van der Waals surface area contributed by atoms with Gasteiger partial charge in [0.2, 0.25) is 5.91 Å². The summed E-state index contributed by atoms with van der Waals surface area (Å²) in [6, 6.07) is 4.57. The summed E-state index contributed by atoms with van der Waals surface area (Å²) >= 11 is 0. The molecule has 0 aliphatic rings. The molecule has 0 fully saturated rings. The first-order valence-electron chi connectivity index (χ1n) is 5.51. The molecule has 0 heterocycles. The van der Waals surface area contributed by atoms with Gasteiger partial charge in [0.05, 0.1) is 6.61 Å². The molecule has 6 heteroatoms. The first-order valence-corrected chi connectivity index (χ1v) is 5.51. The van der Waals surface area contributed by atoms with Crippen LogP contribution in [0.1, 0.15) is 18.9 Å². The second kappa shape index (κ2) is 6.78. The molecule has 0 spiro atoms. The summed E-state index contributed by atoms with van der Waals surface area (Å²) in [5.74, 6) is -0.199.